The minimum atomic E-state index is 0.848. The summed E-state index contributed by atoms with van der Waals surface area (Å²) in [7, 11) is 0. The Labute approximate surface area is 115 Å². The van der Waals surface area contributed by atoms with Crippen LogP contribution in [0.1, 0.15) is 25.3 Å². The summed E-state index contributed by atoms with van der Waals surface area (Å²) >= 11 is 0. The Morgan fingerprint density at radius 3 is 3.05 bits per heavy atom. The number of pyridine rings is 1. The molecule has 19 heavy (non-hydrogen) atoms. The zero-order valence-corrected chi connectivity index (χ0v) is 11.6. The van der Waals surface area contributed by atoms with Crippen molar-refractivity contribution >= 4 is 10.8 Å². The highest BCUT2D eigenvalue weighted by Crippen LogP contribution is 2.16. The van der Waals surface area contributed by atoms with E-state index in [4.69, 9.17) is 4.74 Å². The van der Waals surface area contributed by atoms with E-state index >= 15 is 0 Å². The standard InChI is InChI=1S/C16H22N2O/c1-2-10-19-11-4-8-17-12-14-5-3-6-15-13-18-9-7-16(14)15/h3,5-7,9,13,17H,2,4,8,10-12H2,1H3. The lowest BCUT2D eigenvalue weighted by molar-refractivity contribution is 0.132. The Bertz CT molecular complexity index is 494. The predicted octanol–water partition coefficient (Wildman–Crippen LogP) is 3.14. The minimum Gasteiger partial charge on any atom is -0.381 e. The average molecular weight is 258 g/mol. The molecule has 0 radical (unpaired) electrons. The van der Waals surface area contributed by atoms with Crippen molar-refractivity contribution in [3.8, 4) is 0 Å². The van der Waals surface area contributed by atoms with Crippen LogP contribution in [0.3, 0.4) is 0 Å². The Balaban J connectivity index is 1.78. The van der Waals surface area contributed by atoms with Crippen LogP contribution in [0.25, 0.3) is 10.8 Å². The SMILES string of the molecule is CCCOCCCNCc1cccc2cnccc12. The molecule has 3 nitrogen and oxygen atoms in total. The summed E-state index contributed by atoms with van der Waals surface area (Å²) in [6, 6.07) is 8.44. The van der Waals surface area contributed by atoms with Crippen molar-refractivity contribution in [3.63, 3.8) is 0 Å². The first kappa shape index (κ1) is 14.0. The molecule has 1 aromatic heterocycles. The van der Waals surface area contributed by atoms with Gasteiger partial charge in [0.25, 0.3) is 0 Å². The monoisotopic (exact) mass is 258 g/mol. The molecule has 0 aliphatic rings. The van der Waals surface area contributed by atoms with Gasteiger partial charge in [-0.1, -0.05) is 25.1 Å². The second-order valence-electron chi connectivity index (χ2n) is 4.66. The average Bonchev–Trinajstić information content (AvgIpc) is 2.46. The van der Waals surface area contributed by atoms with Crippen LogP contribution in [0.5, 0.6) is 0 Å². The molecular formula is C16H22N2O. The maximum absolute atomic E-state index is 5.46. The first-order valence-corrected chi connectivity index (χ1v) is 7.02. The molecule has 0 saturated carbocycles. The molecular weight excluding hydrogens is 236 g/mol. The van der Waals surface area contributed by atoms with E-state index in [1.165, 1.54) is 16.3 Å². The van der Waals surface area contributed by atoms with E-state index in [1.54, 1.807) is 0 Å². The van der Waals surface area contributed by atoms with Crippen molar-refractivity contribution in [1.29, 1.82) is 0 Å². The fourth-order valence-corrected chi connectivity index (χ4v) is 2.11. The normalized spacial score (nSPS) is 11.0. The van der Waals surface area contributed by atoms with E-state index in [0.29, 0.717) is 0 Å². The minimum absolute atomic E-state index is 0.848. The summed E-state index contributed by atoms with van der Waals surface area (Å²) in [5.74, 6) is 0. The van der Waals surface area contributed by atoms with Crippen molar-refractivity contribution in [3.05, 3.63) is 42.2 Å². The lowest BCUT2D eigenvalue weighted by atomic mass is 10.1. The number of benzene rings is 1. The van der Waals surface area contributed by atoms with Gasteiger partial charge in [-0.2, -0.15) is 0 Å². The van der Waals surface area contributed by atoms with Crippen LogP contribution in [0.15, 0.2) is 36.7 Å². The van der Waals surface area contributed by atoms with Crippen LogP contribution in [0.4, 0.5) is 0 Å². The molecule has 2 aromatic rings. The summed E-state index contributed by atoms with van der Waals surface area (Å²) in [5.41, 5.74) is 1.33. The smallest absolute Gasteiger partial charge is 0.0478 e. The topological polar surface area (TPSA) is 34.1 Å². The first-order valence-electron chi connectivity index (χ1n) is 7.02. The van der Waals surface area contributed by atoms with Crippen LogP contribution in [0.2, 0.25) is 0 Å². The van der Waals surface area contributed by atoms with E-state index in [0.717, 1.165) is 39.1 Å². The Hall–Kier alpha value is -1.45. The van der Waals surface area contributed by atoms with Crippen LogP contribution in [-0.4, -0.2) is 24.7 Å². The molecule has 0 atom stereocenters. The van der Waals surface area contributed by atoms with E-state index in [1.807, 2.05) is 12.4 Å². The van der Waals surface area contributed by atoms with Crippen LogP contribution < -0.4 is 5.32 Å². The molecule has 0 aliphatic carbocycles. The quantitative estimate of drug-likeness (QED) is 0.739. The Morgan fingerprint density at radius 2 is 2.16 bits per heavy atom. The highest BCUT2D eigenvalue weighted by Gasteiger charge is 1.99. The van der Waals surface area contributed by atoms with E-state index in [-0.39, 0.29) is 0 Å². The van der Waals surface area contributed by atoms with Gasteiger partial charge in [-0.3, -0.25) is 4.98 Å². The van der Waals surface area contributed by atoms with Gasteiger partial charge in [0.05, 0.1) is 0 Å². The van der Waals surface area contributed by atoms with Crippen LogP contribution >= 0.6 is 0 Å². The van der Waals surface area contributed by atoms with Crippen molar-refractivity contribution in [2.45, 2.75) is 26.3 Å². The fraction of sp³-hybridized carbons (Fsp3) is 0.438. The second-order valence-corrected chi connectivity index (χ2v) is 4.66. The third-order valence-electron chi connectivity index (χ3n) is 3.08. The molecule has 0 unspecified atom stereocenters. The molecule has 0 bridgehead atoms. The number of hydrogen-bond donors (Lipinski definition) is 1. The number of nitrogens with zero attached hydrogens (tertiary/aromatic N) is 1. The molecule has 0 aliphatic heterocycles. The summed E-state index contributed by atoms with van der Waals surface area (Å²) in [6.07, 6.45) is 5.92. The third-order valence-corrected chi connectivity index (χ3v) is 3.08. The van der Waals surface area contributed by atoms with Gasteiger partial charge in [-0.25, -0.2) is 0 Å². The van der Waals surface area contributed by atoms with Crippen molar-refractivity contribution in [1.82, 2.24) is 10.3 Å². The number of ether oxygens (including phenoxy) is 1. The highest BCUT2D eigenvalue weighted by atomic mass is 16.5. The Morgan fingerprint density at radius 1 is 1.21 bits per heavy atom. The highest BCUT2D eigenvalue weighted by molar-refractivity contribution is 5.84. The molecule has 2 rings (SSSR count). The van der Waals surface area contributed by atoms with Crippen molar-refractivity contribution < 1.29 is 4.74 Å². The van der Waals surface area contributed by atoms with E-state index < -0.39 is 0 Å². The van der Waals surface area contributed by atoms with Gasteiger partial charge in [-0.05, 0) is 36.4 Å². The maximum atomic E-state index is 5.46. The molecule has 1 N–H and O–H groups in total. The van der Waals surface area contributed by atoms with Crippen LogP contribution in [0, 0.1) is 0 Å². The van der Waals surface area contributed by atoms with E-state index in [2.05, 4.69) is 41.5 Å². The van der Waals surface area contributed by atoms with Gasteiger partial charge in [0.15, 0.2) is 0 Å². The van der Waals surface area contributed by atoms with Crippen molar-refractivity contribution in [2.75, 3.05) is 19.8 Å². The zero-order chi connectivity index (χ0) is 13.3. The molecule has 0 amide bonds. The molecule has 1 heterocycles. The largest absolute Gasteiger partial charge is 0.381 e. The number of hydrogen-bond acceptors (Lipinski definition) is 3. The van der Waals surface area contributed by atoms with Crippen LogP contribution in [-0.2, 0) is 11.3 Å². The van der Waals surface area contributed by atoms with Crippen molar-refractivity contribution in [2.24, 2.45) is 0 Å². The van der Waals surface area contributed by atoms with Gasteiger partial charge in [0.1, 0.15) is 0 Å². The van der Waals surface area contributed by atoms with E-state index in [9.17, 15) is 0 Å². The lowest BCUT2D eigenvalue weighted by Gasteiger charge is -2.08. The molecule has 0 fully saturated rings. The molecule has 1 aromatic carbocycles. The number of rotatable bonds is 8. The maximum Gasteiger partial charge on any atom is 0.0478 e. The summed E-state index contributed by atoms with van der Waals surface area (Å²) in [6.45, 7) is 5.74. The predicted molar refractivity (Wildman–Crippen MR) is 79.2 cm³/mol. The number of aromatic nitrogens is 1. The van der Waals surface area contributed by atoms with Gasteiger partial charge in [0.2, 0.25) is 0 Å². The second kappa shape index (κ2) is 7.87. The third kappa shape index (κ3) is 4.30. The summed E-state index contributed by atoms with van der Waals surface area (Å²) in [4.78, 5) is 4.16. The van der Waals surface area contributed by atoms with Gasteiger partial charge in [-0.15, -0.1) is 0 Å². The van der Waals surface area contributed by atoms with Gasteiger partial charge < -0.3 is 10.1 Å². The molecule has 3 heteroatoms. The number of nitrogens with one attached hydrogen (secondary N) is 1. The van der Waals surface area contributed by atoms with Gasteiger partial charge >= 0.3 is 0 Å². The molecule has 0 spiro atoms. The van der Waals surface area contributed by atoms with Gasteiger partial charge in [0, 0.05) is 37.5 Å². The first-order chi connectivity index (χ1) is 9.42. The Kier molecular flexibility index (Phi) is 5.79. The molecule has 102 valence electrons. The number of fused-ring (bicyclic) bond motifs is 1. The summed E-state index contributed by atoms with van der Waals surface area (Å²) in [5, 5.41) is 5.96. The molecule has 0 saturated heterocycles. The zero-order valence-electron chi connectivity index (χ0n) is 11.6. The lowest BCUT2D eigenvalue weighted by Crippen LogP contribution is -2.16. The summed E-state index contributed by atoms with van der Waals surface area (Å²) < 4.78 is 5.46. The fourth-order valence-electron chi connectivity index (χ4n) is 2.11.